The molecule has 5 heteroatoms. The topological polar surface area (TPSA) is 61.0 Å². The minimum Gasteiger partial charge on any atom is -0.345 e. The van der Waals surface area contributed by atoms with Crippen molar-refractivity contribution in [2.75, 3.05) is 13.6 Å². The summed E-state index contributed by atoms with van der Waals surface area (Å²) in [4.78, 5) is 13.6. The van der Waals surface area contributed by atoms with Gasteiger partial charge in [-0.2, -0.15) is 5.10 Å². The molecule has 0 bridgehead atoms. The van der Waals surface area contributed by atoms with Crippen molar-refractivity contribution in [2.24, 2.45) is 0 Å². The predicted molar refractivity (Wildman–Crippen MR) is 67.7 cm³/mol. The second-order valence-electron chi connectivity index (χ2n) is 4.37. The van der Waals surface area contributed by atoms with Gasteiger partial charge in [0.2, 0.25) is 5.91 Å². The summed E-state index contributed by atoms with van der Waals surface area (Å²) in [7, 11) is 1.81. The minimum atomic E-state index is -0.173. The van der Waals surface area contributed by atoms with E-state index in [4.69, 9.17) is 0 Å². The van der Waals surface area contributed by atoms with E-state index in [0.717, 1.165) is 23.5 Å². The number of hydrogen-bond donors (Lipinski definition) is 2. The zero-order valence-electron chi connectivity index (χ0n) is 11.3. The van der Waals surface area contributed by atoms with E-state index in [0.29, 0.717) is 6.54 Å². The van der Waals surface area contributed by atoms with Gasteiger partial charge in [0.15, 0.2) is 0 Å². The van der Waals surface area contributed by atoms with Crippen LogP contribution in [0.3, 0.4) is 0 Å². The first-order valence-electron chi connectivity index (χ1n) is 5.96. The molecular formula is C12H22N4O. The Labute approximate surface area is 103 Å². The van der Waals surface area contributed by atoms with Crippen LogP contribution in [0, 0.1) is 13.8 Å². The summed E-state index contributed by atoms with van der Waals surface area (Å²) in [6, 6.07) is -0.173. The van der Waals surface area contributed by atoms with Gasteiger partial charge in [-0.1, -0.05) is 0 Å². The Hall–Kier alpha value is -1.36. The summed E-state index contributed by atoms with van der Waals surface area (Å²) < 4.78 is 0. The van der Waals surface area contributed by atoms with Crippen LogP contribution in [0.5, 0.6) is 0 Å². The van der Waals surface area contributed by atoms with Crippen LogP contribution >= 0.6 is 0 Å². The van der Waals surface area contributed by atoms with Gasteiger partial charge < -0.3 is 10.2 Å². The second kappa shape index (κ2) is 5.82. The summed E-state index contributed by atoms with van der Waals surface area (Å²) in [6.07, 6.45) is 0. The van der Waals surface area contributed by atoms with Crippen molar-refractivity contribution < 1.29 is 4.79 Å². The normalized spacial score (nSPS) is 12.5. The highest BCUT2D eigenvalue weighted by Gasteiger charge is 2.16. The van der Waals surface area contributed by atoms with Gasteiger partial charge in [0.1, 0.15) is 0 Å². The Morgan fingerprint density at radius 1 is 1.53 bits per heavy atom. The predicted octanol–water partition coefficient (Wildman–Crippen LogP) is 0.983. The van der Waals surface area contributed by atoms with Gasteiger partial charge in [-0.05, 0) is 27.7 Å². The van der Waals surface area contributed by atoms with Crippen LogP contribution in [0.1, 0.15) is 30.8 Å². The molecule has 2 N–H and O–H groups in total. The lowest BCUT2D eigenvalue weighted by molar-refractivity contribution is -0.131. The number of rotatable bonds is 5. The molecule has 1 aromatic rings. The molecule has 5 nitrogen and oxygen atoms in total. The number of aromatic amines is 1. The highest BCUT2D eigenvalue weighted by molar-refractivity contribution is 5.81. The van der Waals surface area contributed by atoms with Crippen LogP contribution in [0.4, 0.5) is 0 Å². The lowest BCUT2D eigenvalue weighted by atomic mass is 10.2. The molecule has 17 heavy (non-hydrogen) atoms. The van der Waals surface area contributed by atoms with Gasteiger partial charge in [-0.3, -0.25) is 9.89 Å². The highest BCUT2D eigenvalue weighted by Crippen LogP contribution is 2.08. The van der Waals surface area contributed by atoms with Crippen molar-refractivity contribution in [1.82, 2.24) is 20.4 Å². The molecule has 1 unspecified atom stereocenters. The molecule has 0 radical (unpaired) electrons. The molecule has 0 aliphatic heterocycles. The van der Waals surface area contributed by atoms with Crippen LogP contribution in [0.2, 0.25) is 0 Å². The smallest absolute Gasteiger partial charge is 0.239 e. The molecule has 0 aromatic carbocycles. The van der Waals surface area contributed by atoms with Crippen molar-refractivity contribution in [2.45, 2.75) is 40.3 Å². The Bertz CT molecular complexity index is 366. The largest absolute Gasteiger partial charge is 0.345 e. The minimum absolute atomic E-state index is 0.117. The Kier molecular flexibility index (Phi) is 4.69. The van der Waals surface area contributed by atoms with Gasteiger partial charge in [0.25, 0.3) is 0 Å². The van der Waals surface area contributed by atoms with Crippen molar-refractivity contribution in [3.63, 3.8) is 0 Å². The number of nitrogens with zero attached hydrogens (tertiary/aromatic N) is 2. The van der Waals surface area contributed by atoms with Gasteiger partial charge in [-0.25, -0.2) is 0 Å². The molecule has 0 saturated heterocycles. The van der Waals surface area contributed by atoms with Gasteiger partial charge in [-0.15, -0.1) is 0 Å². The Balaban J connectivity index is 2.54. The molecule has 96 valence electrons. The number of nitrogens with one attached hydrogen (secondary N) is 2. The fourth-order valence-corrected chi connectivity index (χ4v) is 1.66. The number of amides is 1. The third kappa shape index (κ3) is 3.30. The maximum atomic E-state index is 11.8. The van der Waals surface area contributed by atoms with Crippen molar-refractivity contribution in [3.8, 4) is 0 Å². The molecule has 0 saturated carbocycles. The van der Waals surface area contributed by atoms with E-state index in [2.05, 4.69) is 15.5 Å². The van der Waals surface area contributed by atoms with Gasteiger partial charge in [0, 0.05) is 31.4 Å². The fraction of sp³-hybridized carbons (Fsp3) is 0.667. The number of carbonyl (C=O) groups excluding carboxylic acids is 1. The summed E-state index contributed by atoms with van der Waals surface area (Å²) in [5.41, 5.74) is 3.18. The summed E-state index contributed by atoms with van der Waals surface area (Å²) in [5, 5.41) is 10.3. The lowest BCUT2D eigenvalue weighted by Crippen LogP contribution is -2.42. The standard InChI is InChI=1S/C12H22N4O/c1-6-16(5)12(17)10(4)13-7-11-8(2)14-15-9(11)3/h10,13H,6-7H2,1-5H3,(H,14,15). The number of aromatic nitrogens is 2. The van der Waals surface area contributed by atoms with Gasteiger partial charge >= 0.3 is 0 Å². The first kappa shape index (κ1) is 13.7. The third-order valence-corrected chi connectivity index (χ3v) is 3.09. The SMILES string of the molecule is CCN(C)C(=O)C(C)NCc1c(C)n[nH]c1C. The first-order valence-corrected chi connectivity index (χ1v) is 5.96. The summed E-state index contributed by atoms with van der Waals surface area (Å²) >= 11 is 0. The van der Waals surface area contributed by atoms with Crippen LogP contribution < -0.4 is 5.32 Å². The van der Waals surface area contributed by atoms with Crippen molar-refractivity contribution in [1.29, 1.82) is 0 Å². The van der Waals surface area contributed by atoms with E-state index in [1.54, 1.807) is 4.90 Å². The maximum Gasteiger partial charge on any atom is 0.239 e. The Morgan fingerprint density at radius 2 is 2.18 bits per heavy atom. The second-order valence-corrected chi connectivity index (χ2v) is 4.37. The molecule has 1 rings (SSSR count). The van der Waals surface area contributed by atoms with Crippen LogP contribution in [0.15, 0.2) is 0 Å². The monoisotopic (exact) mass is 238 g/mol. The third-order valence-electron chi connectivity index (χ3n) is 3.09. The average Bonchev–Trinajstić information content (AvgIpc) is 2.64. The van der Waals surface area contributed by atoms with Crippen LogP contribution in [-0.2, 0) is 11.3 Å². The van der Waals surface area contributed by atoms with Crippen LogP contribution in [-0.4, -0.2) is 40.6 Å². The van der Waals surface area contributed by atoms with Crippen molar-refractivity contribution in [3.05, 3.63) is 17.0 Å². The van der Waals surface area contributed by atoms with Gasteiger partial charge in [0.05, 0.1) is 11.7 Å². The first-order chi connectivity index (χ1) is 7.97. The highest BCUT2D eigenvalue weighted by atomic mass is 16.2. The summed E-state index contributed by atoms with van der Waals surface area (Å²) in [5.74, 6) is 0.117. The molecular weight excluding hydrogens is 216 g/mol. The van der Waals surface area contributed by atoms with E-state index in [1.165, 1.54) is 0 Å². The molecule has 1 aromatic heterocycles. The fourth-order valence-electron chi connectivity index (χ4n) is 1.66. The molecule has 0 spiro atoms. The number of likely N-dealkylation sites (N-methyl/N-ethyl adjacent to an activating group) is 1. The van der Waals surface area contributed by atoms with E-state index in [1.807, 2.05) is 34.7 Å². The zero-order valence-corrected chi connectivity index (χ0v) is 11.3. The lowest BCUT2D eigenvalue weighted by Gasteiger charge is -2.20. The van der Waals surface area contributed by atoms with E-state index in [-0.39, 0.29) is 11.9 Å². The molecule has 0 aliphatic carbocycles. The number of hydrogen-bond acceptors (Lipinski definition) is 3. The summed E-state index contributed by atoms with van der Waals surface area (Å²) in [6.45, 7) is 9.20. The number of aryl methyl sites for hydroxylation is 2. The molecule has 1 amide bonds. The molecule has 0 fully saturated rings. The van der Waals surface area contributed by atoms with Crippen LogP contribution in [0.25, 0.3) is 0 Å². The van der Waals surface area contributed by atoms with E-state index < -0.39 is 0 Å². The quantitative estimate of drug-likeness (QED) is 0.804. The molecule has 1 atom stereocenters. The maximum absolute atomic E-state index is 11.8. The zero-order chi connectivity index (χ0) is 13.0. The number of H-pyrrole nitrogens is 1. The van der Waals surface area contributed by atoms with E-state index in [9.17, 15) is 4.79 Å². The number of carbonyl (C=O) groups is 1. The average molecular weight is 238 g/mol. The van der Waals surface area contributed by atoms with Crippen molar-refractivity contribution >= 4 is 5.91 Å². The molecule has 0 aliphatic rings. The molecule has 1 heterocycles. The van der Waals surface area contributed by atoms with E-state index >= 15 is 0 Å². The Morgan fingerprint density at radius 3 is 2.65 bits per heavy atom.